The highest BCUT2D eigenvalue weighted by atomic mass is 16.1. The molecule has 1 amide bonds. The Balaban J connectivity index is 1.61. The van der Waals surface area contributed by atoms with Gasteiger partial charge in [-0.15, -0.1) is 0 Å². The van der Waals surface area contributed by atoms with E-state index in [0.29, 0.717) is 19.0 Å². The molecule has 1 aliphatic heterocycles. The van der Waals surface area contributed by atoms with Crippen LogP contribution in [0.1, 0.15) is 32.3 Å². The molecule has 10 nitrogen and oxygen atoms in total. The van der Waals surface area contributed by atoms with Gasteiger partial charge in [-0.05, 0) is 80.7 Å². The third-order valence-electron chi connectivity index (χ3n) is 7.82. The van der Waals surface area contributed by atoms with Crippen LogP contribution < -0.4 is 26.6 Å². The van der Waals surface area contributed by atoms with Gasteiger partial charge in [0.2, 0.25) is 11.9 Å². The number of rotatable bonds is 13. The van der Waals surface area contributed by atoms with Gasteiger partial charge >= 0.3 is 0 Å². The fraction of sp³-hybridized carbons (Fsp3) is 0.351. The molecule has 0 bridgehead atoms. The molecule has 2 heterocycles. The Bertz CT molecular complexity index is 1630. The lowest BCUT2D eigenvalue weighted by Crippen LogP contribution is -2.42. The van der Waals surface area contributed by atoms with Crippen LogP contribution in [0.15, 0.2) is 101 Å². The molecule has 5 N–H and O–H groups in total. The molecule has 1 fully saturated rings. The number of anilines is 1. The maximum atomic E-state index is 12.4. The van der Waals surface area contributed by atoms with E-state index in [2.05, 4.69) is 64.1 Å². The minimum absolute atomic E-state index is 0.157. The Morgan fingerprint density at radius 2 is 1.94 bits per heavy atom. The highest BCUT2D eigenvalue weighted by Gasteiger charge is 2.17. The van der Waals surface area contributed by atoms with Crippen molar-refractivity contribution in [2.45, 2.75) is 39.3 Å². The average molecular weight is 636 g/mol. The van der Waals surface area contributed by atoms with E-state index in [9.17, 15) is 4.79 Å². The van der Waals surface area contributed by atoms with E-state index >= 15 is 0 Å². The first-order chi connectivity index (χ1) is 22.8. The largest absolute Gasteiger partial charge is 0.367 e. The van der Waals surface area contributed by atoms with Crippen LogP contribution in [0.2, 0.25) is 0 Å². The van der Waals surface area contributed by atoms with Gasteiger partial charge in [0.25, 0.3) is 0 Å². The fourth-order valence-corrected chi connectivity index (χ4v) is 5.43. The fourth-order valence-electron chi connectivity index (χ4n) is 5.43. The van der Waals surface area contributed by atoms with Gasteiger partial charge in [0.15, 0.2) is 0 Å². The lowest BCUT2D eigenvalue weighted by Gasteiger charge is -2.24. The van der Waals surface area contributed by atoms with Crippen LogP contribution in [-0.4, -0.2) is 74.9 Å². The number of hydrogen-bond acceptors (Lipinski definition) is 7. The summed E-state index contributed by atoms with van der Waals surface area (Å²) in [5.74, 6) is 1.54. The first-order valence-corrected chi connectivity index (χ1v) is 16.2. The van der Waals surface area contributed by atoms with Crippen LogP contribution in [-0.2, 0) is 11.3 Å². The average Bonchev–Trinajstić information content (AvgIpc) is 3.06. The molecule has 0 spiro atoms. The zero-order valence-corrected chi connectivity index (χ0v) is 28.3. The second-order valence-corrected chi connectivity index (χ2v) is 12.1. The summed E-state index contributed by atoms with van der Waals surface area (Å²) in [6.07, 6.45) is 10.7. The van der Waals surface area contributed by atoms with Crippen molar-refractivity contribution in [3.8, 4) is 11.3 Å². The van der Waals surface area contributed by atoms with Gasteiger partial charge in [0, 0.05) is 49.0 Å². The highest BCUT2D eigenvalue weighted by molar-refractivity contribution is 6.02. The summed E-state index contributed by atoms with van der Waals surface area (Å²) in [4.78, 5) is 28.4. The molecule has 0 saturated carbocycles. The smallest absolute Gasteiger partial charge is 0.248 e. The zero-order chi connectivity index (χ0) is 33.6. The Morgan fingerprint density at radius 3 is 2.66 bits per heavy atom. The Labute approximate surface area is 279 Å². The summed E-state index contributed by atoms with van der Waals surface area (Å²) in [6.45, 7) is 11.6. The number of piperidine rings is 1. The van der Waals surface area contributed by atoms with Gasteiger partial charge in [-0.2, -0.15) is 0 Å². The first kappa shape index (κ1) is 35.1. The molecule has 1 aliphatic rings. The number of fused-ring (bicyclic) bond motifs is 1. The van der Waals surface area contributed by atoms with E-state index in [1.165, 1.54) is 0 Å². The lowest BCUT2D eigenvalue weighted by atomic mass is 9.98. The van der Waals surface area contributed by atoms with Crippen LogP contribution in [0.4, 0.5) is 5.69 Å². The number of carbonyl (C=O) groups is 1. The zero-order valence-electron chi connectivity index (χ0n) is 28.3. The number of nitrogens with one attached hydrogen (secondary N) is 5. The number of likely N-dealkylation sites (N-methyl/N-ethyl adjacent to an activating group) is 1. The predicted molar refractivity (Wildman–Crippen MR) is 196 cm³/mol. The molecular weight excluding hydrogens is 586 g/mol. The molecule has 0 aliphatic carbocycles. The van der Waals surface area contributed by atoms with E-state index in [1.54, 1.807) is 19.5 Å². The van der Waals surface area contributed by atoms with Gasteiger partial charge < -0.3 is 31.5 Å². The summed E-state index contributed by atoms with van der Waals surface area (Å²) in [5.41, 5.74) is 4.77. The van der Waals surface area contributed by atoms with E-state index in [-0.39, 0.29) is 17.9 Å². The molecule has 2 aromatic carbocycles. The number of aromatic nitrogens is 1. The van der Waals surface area contributed by atoms with Crippen molar-refractivity contribution in [2.75, 3.05) is 46.1 Å². The quantitative estimate of drug-likeness (QED) is 0.0773. The van der Waals surface area contributed by atoms with Gasteiger partial charge in [-0.25, -0.2) is 4.99 Å². The summed E-state index contributed by atoms with van der Waals surface area (Å²) < 4.78 is 0. The maximum Gasteiger partial charge on any atom is 0.248 e. The molecular formula is C37H49N9O. The summed E-state index contributed by atoms with van der Waals surface area (Å²) in [7, 11) is 5.66. The van der Waals surface area contributed by atoms with E-state index in [0.717, 1.165) is 70.6 Å². The Hall–Kier alpha value is -4.80. The normalized spacial score (nSPS) is 15.0. The van der Waals surface area contributed by atoms with Crippen molar-refractivity contribution in [1.29, 1.82) is 0 Å². The van der Waals surface area contributed by atoms with Crippen LogP contribution in [0.5, 0.6) is 0 Å². The molecule has 1 aromatic heterocycles. The van der Waals surface area contributed by atoms with Gasteiger partial charge in [-0.1, -0.05) is 62.9 Å². The monoisotopic (exact) mass is 635 g/mol. The third-order valence-corrected chi connectivity index (χ3v) is 7.82. The first-order valence-electron chi connectivity index (χ1n) is 16.2. The number of hydrogen-bond donors (Lipinski definition) is 5. The van der Waals surface area contributed by atoms with Crippen molar-refractivity contribution in [3.05, 3.63) is 96.5 Å². The minimum Gasteiger partial charge on any atom is -0.367 e. The molecule has 0 atom stereocenters. The molecule has 248 valence electrons. The van der Waals surface area contributed by atoms with Crippen molar-refractivity contribution in [3.63, 3.8) is 0 Å². The molecule has 4 rings (SSSR count). The number of aliphatic imine (C=N–C) groups is 2. The SMILES string of the molecule is C=C/C(=C(\NCc1ccccc1-c1nccc2cc(NC(=O)/C=C/CN(C)C)ccc12)NC(=NC1CCNCC1)NC=NC)C(C)C. The van der Waals surface area contributed by atoms with Crippen molar-refractivity contribution in [1.82, 2.24) is 31.2 Å². The second kappa shape index (κ2) is 17.8. The number of nitrogens with zero attached hydrogens (tertiary/aromatic N) is 4. The van der Waals surface area contributed by atoms with Gasteiger partial charge in [0.05, 0.1) is 18.1 Å². The van der Waals surface area contributed by atoms with Gasteiger partial charge in [0.1, 0.15) is 5.82 Å². The number of pyridine rings is 1. The topological polar surface area (TPSA) is 118 Å². The van der Waals surface area contributed by atoms with Crippen LogP contribution >= 0.6 is 0 Å². The number of carbonyl (C=O) groups excluding carboxylic acids is 1. The predicted octanol–water partition coefficient (Wildman–Crippen LogP) is 5.05. The molecule has 0 unspecified atom stereocenters. The van der Waals surface area contributed by atoms with Crippen LogP contribution in [0.25, 0.3) is 22.0 Å². The van der Waals surface area contributed by atoms with Crippen LogP contribution in [0.3, 0.4) is 0 Å². The van der Waals surface area contributed by atoms with Crippen molar-refractivity contribution in [2.24, 2.45) is 15.9 Å². The van der Waals surface area contributed by atoms with E-state index in [1.807, 2.05) is 73.7 Å². The number of guanidine groups is 1. The highest BCUT2D eigenvalue weighted by Crippen LogP contribution is 2.31. The molecule has 3 aromatic rings. The number of benzene rings is 2. The lowest BCUT2D eigenvalue weighted by molar-refractivity contribution is -0.111. The molecule has 10 heteroatoms. The van der Waals surface area contributed by atoms with E-state index < -0.39 is 0 Å². The second-order valence-electron chi connectivity index (χ2n) is 12.1. The van der Waals surface area contributed by atoms with Crippen molar-refractivity contribution >= 4 is 34.7 Å². The Morgan fingerprint density at radius 1 is 1.15 bits per heavy atom. The standard InChI is InChI=1S/C37H49N9O/c1-7-31(26(2)3)36(45-37(42-25-38-4)44-29-17-19-39-20-18-29)41-24-28-11-8-9-12-32(28)35-33-15-14-30(23-27(33)16-21-40-35)43-34(47)13-10-22-46(5)6/h7-16,21,23,25-26,29,39,41H,1,17-20,22,24H2,2-6H3,(H,43,47)(H2,38,42,44,45)/b13-10+,36-31-. The van der Waals surface area contributed by atoms with Crippen molar-refractivity contribution < 1.29 is 4.79 Å². The molecule has 0 radical (unpaired) electrons. The molecule has 1 saturated heterocycles. The Kier molecular flexibility index (Phi) is 13.3. The van der Waals surface area contributed by atoms with E-state index in [4.69, 9.17) is 9.98 Å². The minimum atomic E-state index is -0.157. The summed E-state index contributed by atoms with van der Waals surface area (Å²) >= 11 is 0. The number of allylic oxidation sites excluding steroid dienone is 2. The number of amides is 1. The van der Waals surface area contributed by atoms with Crippen LogP contribution in [0, 0.1) is 5.92 Å². The van der Waals surface area contributed by atoms with Gasteiger partial charge in [-0.3, -0.25) is 14.8 Å². The molecule has 47 heavy (non-hydrogen) atoms. The summed E-state index contributed by atoms with van der Waals surface area (Å²) in [6, 6.07) is 16.4. The maximum absolute atomic E-state index is 12.4. The summed E-state index contributed by atoms with van der Waals surface area (Å²) in [5, 5.41) is 18.8. The third kappa shape index (κ3) is 10.4.